The van der Waals surface area contributed by atoms with Gasteiger partial charge in [0.15, 0.2) is 0 Å². The number of fused-ring (bicyclic) bond motifs is 1. The van der Waals surface area contributed by atoms with Crippen LogP contribution in [0.5, 0.6) is 0 Å². The van der Waals surface area contributed by atoms with Crippen molar-refractivity contribution in [3.63, 3.8) is 0 Å². The summed E-state index contributed by atoms with van der Waals surface area (Å²) in [4.78, 5) is 0. The molecule has 71 valence electrons. The van der Waals surface area contributed by atoms with Crippen molar-refractivity contribution >= 4 is 10.8 Å². The van der Waals surface area contributed by atoms with Gasteiger partial charge in [0.2, 0.25) is 0 Å². The summed E-state index contributed by atoms with van der Waals surface area (Å²) in [5, 5.41) is 2.56. The molecule has 0 atom stereocenters. The van der Waals surface area contributed by atoms with E-state index in [9.17, 15) is 0 Å². The zero-order valence-electron chi connectivity index (χ0n) is 8.75. The summed E-state index contributed by atoms with van der Waals surface area (Å²) < 4.78 is 0. The predicted molar refractivity (Wildman–Crippen MR) is 62.5 cm³/mol. The predicted octanol–water partition coefficient (Wildman–Crippen LogP) is 4.15. The molecule has 0 nitrogen and oxygen atoms in total. The molecule has 0 aliphatic carbocycles. The fourth-order valence-corrected chi connectivity index (χ4v) is 1.89. The maximum Gasteiger partial charge on any atom is -0.0149 e. The third kappa shape index (κ3) is 1.41. The molecule has 0 N–H and O–H groups in total. The lowest BCUT2D eigenvalue weighted by Gasteiger charge is -2.11. The van der Waals surface area contributed by atoms with Crippen LogP contribution in [0.1, 0.15) is 30.9 Å². The van der Waals surface area contributed by atoms with Gasteiger partial charge < -0.3 is 0 Å². The van der Waals surface area contributed by atoms with Gasteiger partial charge >= 0.3 is 0 Å². The Hall–Kier alpha value is -1.30. The van der Waals surface area contributed by atoms with Crippen molar-refractivity contribution in [2.75, 3.05) is 0 Å². The van der Waals surface area contributed by atoms with Crippen LogP contribution in [-0.4, -0.2) is 0 Å². The monoisotopic (exact) mass is 183 g/mol. The lowest BCUT2D eigenvalue weighted by Crippen LogP contribution is -1.92. The molecule has 0 aliphatic rings. The second kappa shape index (κ2) is 3.45. The van der Waals surface area contributed by atoms with Gasteiger partial charge in [-0.1, -0.05) is 50.2 Å². The second-order valence-corrected chi connectivity index (χ2v) is 4.01. The third-order valence-electron chi connectivity index (χ3n) is 2.70. The summed E-state index contributed by atoms with van der Waals surface area (Å²) in [5.74, 6) is 0.548. The van der Waals surface area contributed by atoms with Crippen molar-refractivity contribution in [1.29, 1.82) is 0 Å². The van der Waals surface area contributed by atoms with E-state index in [2.05, 4.69) is 57.2 Å². The molecule has 2 aromatic rings. The first-order chi connectivity index (χ1) is 6.70. The molecule has 0 unspecified atom stereocenters. The van der Waals surface area contributed by atoms with Gasteiger partial charge in [-0.2, -0.15) is 0 Å². The molecular weight excluding hydrogens is 168 g/mol. The highest BCUT2D eigenvalue weighted by atomic mass is 14.1. The normalized spacial score (nSPS) is 11.1. The Labute approximate surface area is 85.6 Å². The Morgan fingerprint density at radius 3 is 2.43 bits per heavy atom. The van der Waals surface area contributed by atoms with Crippen LogP contribution in [0.4, 0.5) is 0 Å². The van der Waals surface area contributed by atoms with E-state index >= 15 is 0 Å². The average molecular weight is 183 g/mol. The van der Waals surface area contributed by atoms with Gasteiger partial charge in [-0.05, 0) is 34.7 Å². The maximum atomic E-state index is 4.17. The van der Waals surface area contributed by atoms with Crippen LogP contribution in [-0.2, 0) is 0 Å². The summed E-state index contributed by atoms with van der Waals surface area (Å²) in [7, 11) is 0. The highest BCUT2D eigenvalue weighted by Gasteiger charge is 2.05. The number of benzene rings is 2. The molecule has 0 aliphatic heterocycles. The van der Waals surface area contributed by atoms with Crippen molar-refractivity contribution in [3.8, 4) is 0 Å². The maximum absolute atomic E-state index is 4.17. The first-order valence-corrected chi connectivity index (χ1v) is 5.03. The molecular formula is C14H15. The van der Waals surface area contributed by atoms with Crippen LogP contribution in [0.3, 0.4) is 0 Å². The van der Waals surface area contributed by atoms with Gasteiger partial charge in [-0.15, -0.1) is 0 Å². The topological polar surface area (TPSA) is 0 Å². The van der Waals surface area contributed by atoms with Gasteiger partial charge in [0.05, 0.1) is 0 Å². The van der Waals surface area contributed by atoms with Gasteiger partial charge in [0.25, 0.3) is 0 Å². The molecule has 0 heterocycles. The van der Waals surface area contributed by atoms with Gasteiger partial charge in [-0.3, -0.25) is 0 Å². The van der Waals surface area contributed by atoms with Crippen LogP contribution >= 0.6 is 0 Å². The van der Waals surface area contributed by atoms with E-state index in [4.69, 9.17) is 0 Å². The van der Waals surface area contributed by atoms with Crippen molar-refractivity contribution in [2.24, 2.45) is 0 Å². The van der Waals surface area contributed by atoms with Crippen LogP contribution in [0.15, 0.2) is 36.4 Å². The molecule has 0 heteroatoms. The summed E-state index contributed by atoms with van der Waals surface area (Å²) in [5.41, 5.74) is 2.53. The molecule has 0 fully saturated rings. The van der Waals surface area contributed by atoms with Crippen LogP contribution in [0, 0.1) is 6.92 Å². The largest absolute Gasteiger partial charge is 0.0616 e. The molecule has 2 rings (SSSR count). The fraction of sp³-hybridized carbons (Fsp3) is 0.214. The third-order valence-corrected chi connectivity index (χ3v) is 2.70. The molecule has 0 bridgehead atoms. The van der Waals surface area contributed by atoms with Crippen molar-refractivity contribution < 1.29 is 0 Å². The van der Waals surface area contributed by atoms with Crippen LogP contribution < -0.4 is 0 Å². The lowest BCUT2D eigenvalue weighted by molar-refractivity contribution is 0.864. The SMILES string of the molecule is [CH2]c1c(C(C)C)ccc2ccccc12. The van der Waals surface area contributed by atoms with E-state index in [0.717, 1.165) is 0 Å². The van der Waals surface area contributed by atoms with Gasteiger partial charge in [0.1, 0.15) is 0 Å². The first-order valence-electron chi connectivity index (χ1n) is 5.03. The molecule has 0 saturated heterocycles. The van der Waals surface area contributed by atoms with Crippen molar-refractivity contribution in [3.05, 3.63) is 54.4 Å². The van der Waals surface area contributed by atoms with Crippen LogP contribution in [0.2, 0.25) is 0 Å². The highest BCUT2D eigenvalue weighted by molar-refractivity contribution is 5.87. The second-order valence-electron chi connectivity index (χ2n) is 4.01. The van der Waals surface area contributed by atoms with Gasteiger partial charge in [0, 0.05) is 0 Å². The number of hydrogen-bond acceptors (Lipinski definition) is 0. The minimum atomic E-state index is 0.548. The standard InChI is InChI=1S/C14H15/c1-10(2)13-9-8-12-6-4-5-7-14(12)11(13)3/h4-10H,3H2,1-2H3. The minimum absolute atomic E-state index is 0.548. The van der Waals surface area contributed by atoms with E-state index in [1.54, 1.807) is 0 Å². The van der Waals surface area contributed by atoms with E-state index in [0.29, 0.717) is 5.92 Å². The van der Waals surface area contributed by atoms with Crippen molar-refractivity contribution in [1.82, 2.24) is 0 Å². The fourth-order valence-electron chi connectivity index (χ4n) is 1.89. The Bertz CT molecular complexity index is 453. The Balaban J connectivity index is 2.75. The minimum Gasteiger partial charge on any atom is -0.0616 e. The lowest BCUT2D eigenvalue weighted by atomic mass is 9.93. The molecule has 0 aromatic heterocycles. The van der Waals surface area contributed by atoms with E-state index in [1.807, 2.05) is 0 Å². The Morgan fingerprint density at radius 1 is 1.00 bits per heavy atom. The molecule has 2 aromatic carbocycles. The summed E-state index contributed by atoms with van der Waals surface area (Å²) >= 11 is 0. The van der Waals surface area contributed by atoms with Gasteiger partial charge in [-0.25, -0.2) is 0 Å². The zero-order valence-corrected chi connectivity index (χ0v) is 8.75. The molecule has 0 spiro atoms. The van der Waals surface area contributed by atoms with E-state index in [1.165, 1.54) is 21.9 Å². The Morgan fingerprint density at radius 2 is 1.71 bits per heavy atom. The summed E-state index contributed by atoms with van der Waals surface area (Å²) in [6, 6.07) is 12.8. The van der Waals surface area contributed by atoms with Crippen molar-refractivity contribution in [2.45, 2.75) is 19.8 Å². The highest BCUT2D eigenvalue weighted by Crippen LogP contribution is 2.26. The number of hydrogen-bond donors (Lipinski definition) is 0. The molecule has 0 amide bonds. The summed E-state index contributed by atoms with van der Waals surface area (Å²) in [6.07, 6.45) is 0. The van der Waals surface area contributed by atoms with E-state index < -0.39 is 0 Å². The number of rotatable bonds is 1. The summed E-state index contributed by atoms with van der Waals surface area (Å²) in [6.45, 7) is 8.58. The van der Waals surface area contributed by atoms with E-state index in [-0.39, 0.29) is 0 Å². The molecule has 14 heavy (non-hydrogen) atoms. The molecule has 1 radical (unpaired) electrons. The zero-order chi connectivity index (χ0) is 10.1. The molecule has 0 saturated carbocycles. The quantitative estimate of drug-likeness (QED) is 0.623. The average Bonchev–Trinajstić information content (AvgIpc) is 2.18. The first kappa shape index (κ1) is 9.26. The smallest absolute Gasteiger partial charge is 0.0149 e. The van der Waals surface area contributed by atoms with Crippen LogP contribution in [0.25, 0.3) is 10.8 Å². The Kier molecular flexibility index (Phi) is 2.28.